The summed E-state index contributed by atoms with van der Waals surface area (Å²) in [7, 11) is 0. The van der Waals surface area contributed by atoms with E-state index in [1.807, 2.05) is 17.8 Å². The number of hydrogen-bond donors (Lipinski definition) is 1. The highest BCUT2D eigenvalue weighted by molar-refractivity contribution is 7.99. The molecule has 0 bridgehead atoms. The summed E-state index contributed by atoms with van der Waals surface area (Å²) in [4.78, 5) is 2.46. The topological polar surface area (TPSA) is 15.3 Å². The lowest BCUT2D eigenvalue weighted by Gasteiger charge is -2.28. The Bertz CT molecular complexity index is 435. The summed E-state index contributed by atoms with van der Waals surface area (Å²) in [6.45, 7) is 9.65. The van der Waals surface area contributed by atoms with Gasteiger partial charge < -0.3 is 10.2 Å². The molecular formula is C16H25ClN2S. The molecule has 1 aromatic rings. The van der Waals surface area contributed by atoms with Crippen molar-refractivity contribution >= 4 is 29.1 Å². The zero-order valence-corrected chi connectivity index (χ0v) is 14.3. The van der Waals surface area contributed by atoms with Gasteiger partial charge >= 0.3 is 0 Å². The Morgan fingerprint density at radius 3 is 2.80 bits per heavy atom. The number of hydrogen-bond acceptors (Lipinski definition) is 3. The number of rotatable bonds is 3. The molecule has 4 heteroatoms. The van der Waals surface area contributed by atoms with Crippen LogP contribution in [0, 0.1) is 0 Å². The average molecular weight is 313 g/mol. The Morgan fingerprint density at radius 1 is 1.25 bits per heavy atom. The van der Waals surface area contributed by atoms with Gasteiger partial charge in [-0.1, -0.05) is 23.7 Å². The maximum absolute atomic E-state index is 6.49. The number of thioether (sulfide) groups is 1. The molecule has 0 amide bonds. The molecular weight excluding hydrogens is 288 g/mol. The number of halogens is 1. The minimum atomic E-state index is 0.119. The summed E-state index contributed by atoms with van der Waals surface area (Å²) in [6, 6.07) is 6.26. The van der Waals surface area contributed by atoms with Crippen LogP contribution in [0.5, 0.6) is 0 Å². The van der Waals surface area contributed by atoms with E-state index < -0.39 is 0 Å². The number of nitrogens with one attached hydrogen (secondary N) is 1. The number of anilines is 1. The Labute approximate surface area is 132 Å². The maximum atomic E-state index is 6.49. The van der Waals surface area contributed by atoms with Gasteiger partial charge in [-0.25, -0.2) is 0 Å². The molecule has 20 heavy (non-hydrogen) atoms. The zero-order valence-electron chi connectivity index (χ0n) is 12.7. The normalized spacial score (nSPS) is 17.1. The Morgan fingerprint density at radius 2 is 2.05 bits per heavy atom. The highest BCUT2D eigenvalue weighted by atomic mass is 35.5. The fraction of sp³-hybridized carbons (Fsp3) is 0.625. The van der Waals surface area contributed by atoms with Crippen molar-refractivity contribution in [3.63, 3.8) is 0 Å². The first-order valence-electron chi connectivity index (χ1n) is 7.32. The van der Waals surface area contributed by atoms with Crippen molar-refractivity contribution in [1.29, 1.82) is 0 Å². The van der Waals surface area contributed by atoms with Crippen molar-refractivity contribution < 1.29 is 0 Å². The van der Waals surface area contributed by atoms with Crippen molar-refractivity contribution in [2.24, 2.45) is 0 Å². The van der Waals surface area contributed by atoms with Crippen LogP contribution in [0.2, 0.25) is 5.02 Å². The fourth-order valence-electron chi connectivity index (χ4n) is 2.39. The molecule has 2 nitrogen and oxygen atoms in total. The molecule has 112 valence electrons. The van der Waals surface area contributed by atoms with Crippen LogP contribution in [0.25, 0.3) is 0 Å². The van der Waals surface area contributed by atoms with Gasteiger partial charge in [-0.2, -0.15) is 11.8 Å². The van der Waals surface area contributed by atoms with Crippen molar-refractivity contribution in [1.82, 2.24) is 5.32 Å². The molecule has 1 aliphatic rings. The molecule has 0 saturated carbocycles. The molecule has 1 N–H and O–H groups in total. The Hall–Kier alpha value is -0.380. The van der Waals surface area contributed by atoms with Crippen LogP contribution in [0.4, 0.5) is 5.69 Å². The van der Waals surface area contributed by atoms with Crippen LogP contribution in [-0.2, 0) is 6.54 Å². The minimum Gasteiger partial charge on any atom is -0.369 e. The summed E-state index contributed by atoms with van der Waals surface area (Å²) < 4.78 is 0. The molecule has 1 fully saturated rings. The van der Waals surface area contributed by atoms with Crippen LogP contribution in [0.1, 0.15) is 32.8 Å². The number of nitrogens with zero attached hydrogens (tertiary/aromatic N) is 1. The predicted octanol–water partition coefficient (Wildman–Crippen LogP) is 4.17. The molecule has 0 spiro atoms. The highest BCUT2D eigenvalue weighted by Crippen LogP contribution is 2.31. The minimum absolute atomic E-state index is 0.119. The Balaban J connectivity index is 2.21. The van der Waals surface area contributed by atoms with Crippen molar-refractivity contribution in [2.45, 2.75) is 39.3 Å². The van der Waals surface area contributed by atoms with E-state index in [1.165, 1.54) is 29.2 Å². The van der Waals surface area contributed by atoms with Gasteiger partial charge in [0.1, 0.15) is 0 Å². The summed E-state index contributed by atoms with van der Waals surface area (Å²) in [6.07, 6.45) is 1.24. The van der Waals surface area contributed by atoms with E-state index in [0.717, 1.165) is 24.7 Å². The van der Waals surface area contributed by atoms with Gasteiger partial charge in [-0.05, 0) is 44.6 Å². The second-order valence-electron chi connectivity index (χ2n) is 6.30. The highest BCUT2D eigenvalue weighted by Gasteiger charge is 2.18. The van der Waals surface area contributed by atoms with E-state index in [4.69, 9.17) is 11.6 Å². The van der Waals surface area contributed by atoms with E-state index in [-0.39, 0.29) is 5.54 Å². The molecule has 0 unspecified atom stereocenters. The molecule has 0 atom stereocenters. The first-order chi connectivity index (χ1) is 9.47. The summed E-state index contributed by atoms with van der Waals surface area (Å²) in [5.41, 5.74) is 2.65. The van der Waals surface area contributed by atoms with Gasteiger partial charge in [-0.15, -0.1) is 0 Å². The Kier molecular flexibility index (Phi) is 5.65. The molecule has 1 aromatic carbocycles. The quantitative estimate of drug-likeness (QED) is 0.901. The third kappa shape index (κ3) is 4.57. The number of benzene rings is 1. The predicted molar refractivity (Wildman–Crippen MR) is 92.2 cm³/mol. The van der Waals surface area contributed by atoms with Crippen LogP contribution >= 0.6 is 23.4 Å². The summed E-state index contributed by atoms with van der Waals surface area (Å²) in [5, 5.41) is 4.45. The third-order valence-electron chi connectivity index (χ3n) is 3.42. The van der Waals surface area contributed by atoms with Gasteiger partial charge in [-0.3, -0.25) is 0 Å². The molecule has 0 aromatic heterocycles. The van der Waals surface area contributed by atoms with E-state index in [2.05, 4.69) is 43.1 Å². The van der Waals surface area contributed by atoms with Crippen LogP contribution in [0.3, 0.4) is 0 Å². The van der Waals surface area contributed by atoms with E-state index in [9.17, 15) is 0 Å². The number of para-hydroxylation sites is 1. The fourth-order valence-corrected chi connectivity index (χ4v) is 3.59. The van der Waals surface area contributed by atoms with Crippen LogP contribution in [0.15, 0.2) is 18.2 Å². The van der Waals surface area contributed by atoms with Crippen LogP contribution in [-0.4, -0.2) is 30.1 Å². The molecule has 1 saturated heterocycles. The molecule has 1 aliphatic heterocycles. The zero-order chi connectivity index (χ0) is 14.6. The lowest BCUT2D eigenvalue weighted by atomic mass is 10.1. The second kappa shape index (κ2) is 7.06. The van der Waals surface area contributed by atoms with E-state index in [1.54, 1.807) is 0 Å². The van der Waals surface area contributed by atoms with Crippen molar-refractivity contribution in [2.75, 3.05) is 29.5 Å². The van der Waals surface area contributed by atoms with Gasteiger partial charge in [0.05, 0.1) is 10.7 Å². The molecule has 0 aliphatic carbocycles. The van der Waals surface area contributed by atoms with Gasteiger partial charge in [0.25, 0.3) is 0 Å². The summed E-state index contributed by atoms with van der Waals surface area (Å²) >= 11 is 8.53. The van der Waals surface area contributed by atoms with Gasteiger partial charge in [0, 0.05) is 30.9 Å². The largest absolute Gasteiger partial charge is 0.369 e. The average Bonchev–Trinajstić information content (AvgIpc) is 2.64. The van der Waals surface area contributed by atoms with Gasteiger partial charge in [0.15, 0.2) is 0 Å². The second-order valence-corrected chi connectivity index (χ2v) is 7.94. The first-order valence-corrected chi connectivity index (χ1v) is 8.86. The standard InChI is InChI=1S/C16H25ClN2S/c1-16(2,3)18-12-13-6-4-7-14(17)15(13)19-8-5-10-20-11-9-19/h4,6-7,18H,5,8-12H2,1-3H3. The van der Waals surface area contributed by atoms with Crippen molar-refractivity contribution in [3.05, 3.63) is 28.8 Å². The summed E-state index contributed by atoms with van der Waals surface area (Å²) in [5.74, 6) is 2.45. The molecule has 1 heterocycles. The van der Waals surface area contributed by atoms with E-state index >= 15 is 0 Å². The smallest absolute Gasteiger partial charge is 0.0642 e. The molecule has 0 radical (unpaired) electrons. The first kappa shape index (κ1) is 16.0. The van der Waals surface area contributed by atoms with Crippen molar-refractivity contribution in [3.8, 4) is 0 Å². The van der Waals surface area contributed by atoms with Gasteiger partial charge in [0.2, 0.25) is 0 Å². The maximum Gasteiger partial charge on any atom is 0.0642 e. The van der Waals surface area contributed by atoms with Crippen LogP contribution < -0.4 is 10.2 Å². The SMILES string of the molecule is CC(C)(C)NCc1cccc(Cl)c1N1CCCSCC1. The monoisotopic (exact) mass is 312 g/mol. The lowest BCUT2D eigenvalue weighted by Crippen LogP contribution is -2.36. The lowest BCUT2D eigenvalue weighted by molar-refractivity contribution is 0.424. The third-order valence-corrected chi connectivity index (χ3v) is 4.77. The van der Waals surface area contributed by atoms with E-state index in [0.29, 0.717) is 0 Å². The molecule has 2 rings (SSSR count).